The monoisotopic (exact) mass is 376 g/mol. The molecular formula is C16H23Cl3N4. The van der Waals surface area contributed by atoms with E-state index in [0.29, 0.717) is 6.04 Å². The molecule has 0 bridgehead atoms. The summed E-state index contributed by atoms with van der Waals surface area (Å²) in [7, 11) is 0. The molecule has 3 rings (SSSR count). The van der Waals surface area contributed by atoms with Crippen molar-refractivity contribution in [1.29, 1.82) is 0 Å². The number of anilines is 1. The van der Waals surface area contributed by atoms with E-state index in [1.54, 1.807) is 0 Å². The van der Waals surface area contributed by atoms with Gasteiger partial charge in [-0.3, -0.25) is 4.98 Å². The van der Waals surface area contributed by atoms with Gasteiger partial charge in [-0.1, -0.05) is 6.07 Å². The highest BCUT2D eigenvalue weighted by molar-refractivity contribution is 5.86. The van der Waals surface area contributed by atoms with E-state index in [9.17, 15) is 0 Å². The van der Waals surface area contributed by atoms with Gasteiger partial charge >= 0.3 is 0 Å². The van der Waals surface area contributed by atoms with Gasteiger partial charge in [0.15, 0.2) is 0 Å². The normalized spacial score (nSPS) is 16.5. The molecule has 0 aliphatic carbocycles. The van der Waals surface area contributed by atoms with Gasteiger partial charge in [0.25, 0.3) is 0 Å². The molecule has 2 aromatic rings. The third-order valence-corrected chi connectivity index (χ3v) is 3.93. The molecule has 1 unspecified atom stereocenters. The van der Waals surface area contributed by atoms with Crippen LogP contribution >= 0.6 is 37.2 Å². The minimum absolute atomic E-state index is 0. The van der Waals surface area contributed by atoms with Crippen LogP contribution in [0.4, 0.5) is 5.95 Å². The Morgan fingerprint density at radius 2 is 1.78 bits per heavy atom. The molecule has 4 nitrogen and oxygen atoms in total. The number of piperidine rings is 1. The molecule has 0 amide bonds. The van der Waals surface area contributed by atoms with Crippen LogP contribution in [0.1, 0.15) is 31.2 Å². The highest BCUT2D eigenvalue weighted by Crippen LogP contribution is 2.24. The molecule has 128 valence electrons. The van der Waals surface area contributed by atoms with Crippen molar-refractivity contribution >= 4 is 43.2 Å². The fourth-order valence-electron chi connectivity index (χ4n) is 2.88. The van der Waals surface area contributed by atoms with Crippen molar-refractivity contribution in [3.05, 3.63) is 48.5 Å². The fraction of sp³-hybridized carbons (Fsp3) is 0.438. The van der Waals surface area contributed by atoms with E-state index in [2.05, 4.69) is 25.9 Å². The van der Waals surface area contributed by atoms with E-state index in [0.717, 1.165) is 25.3 Å². The topological polar surface area (TPSA) is 41.9 Å². The van der Waals surface area contributed by atoms with Crippen LogP contribution in [-0.4, -0.2) is 27.5 Å². The van der Waals surface area contributed by atoms with Crippen LogP contribution in [0.15, 0.2) is 43.0 Å². The first kappa shape index (κ1) is 21.9. The summed E-state index contributed by atoms with van der Waals surface area (Å²) in [5.41, 5.74) is 1.31. The summed E-state index contributed by atoms with van der Waals surface area (Å²) in [4.78, 5) is 15.4. The zero-order valence-electron chi connectivity index (χ0n) is 12.9. The Morgan fingerprint density at radius 1 is 1.00 bits per heavy atom. The van der Waals surface area contributed by atoms with Crippen molar-refractivity contribution < 1.29 is 0 Å². The molecule has 0 radical (unpaired) electrons. The summed E-state index contributed by atoms with van der Waals surface area (Å²) >= 11 is 0. The van der Waals surface area contributed by atoms with Crippen molar-refractivity contribution in [3.63, 3.8) is 0 Å². The van der Waals surface area contributed by atoms with Gasteiger partial charge in [0.2, 0.25) is 5.95 Å². The predicted octanol–water partition coefficient (Wildman–Crippen LogP) is 4.13. The molecule has 1 fully saturated rings. The van der Waals surface area contributed by atoms with Crippen LogP contribution in [0.2, 0.25) is 0 Å². The summed E-state index contributed by atoms with van der Waals surface area (Å²) in [6.45, 7) is 1.07. The average Bonchev–Trinajstić information content (AvgIpc) is 2.55. The smallest absolute Gasteiger partial charge is 0.225 e. The number of rotatable bonds is 4. The highest BCUT2D eigenvalue weighted by Gasteiger charge is 2.23. The molecule has 0 spiro atoms. The van der Waals surface area contributed by atoms with E-state index in [1.165, 1.54) is 24.8 Å². The van der Waals surface area contributed by atoms with Gasteiger partial charge in [-0.25, -0.2) is 9.97 Å². The van der Waals surface area contributed by atoms with E-state index >= 15 is 0 Å². The van der Waals surface area contributed by atoms with Gasteiger partial charge in [-0.05, 0) is 49.8 Å². The van der Waals surface area contributed by atoms with Crippen LogP contribution in [0, 0.1) is 0 Å². The molecule has 1 saturated heterocycles. The third kappa shape index (κ3) is 6.13. The van der Waals surface area contributed by atoms with Crippen molar-refractivity contribution in [2.45, 2.75) is 38.1 Å². The largest absolute Gasteiger partial charge is 0.338 e. The molecule has 3 heterocycles. The van der Waals surface area contributed by atoms with Gasteiger partial charge in [0.05, 0.1) is 0 Å². The third-order valence-electron chi connectivity index (χ3n) is 3.93. The fourth-order valence-corrected chi connectivity index (χ4v) is 2.88. The minimum Gasteiger partial charge on any atom is -0.338 e. The Hall–Kier alpha value is -1.10. The molecule has 1 aliphatic rings. The molecule has 23 heavy (non-hydrogen) atoms. The zero-order valence-corrected chi connectivity index (χ0v) is 15.3. The highest BCUT2D eigenvalue weighted by atomic mass is 35.5. The first-order chi connectivity index (χ1) is 9.93. The molecule has 2 aromatic heterocycles. The molecule has 1 aliphatic heterocycles. The number of aryl methyl sites for hydroxylation is 1. The molecular weight excluding hydrogens is 355 g/mol. The summed E-state index contributed by atoms with van der Waals surface area (Å²) in [6.07, 6.45) is 13.4. The first-order valence-corrected chi connectivity index (χ1v) is 7.36. The molecule has 0 aromatic carbocycles. The van der Waals surface area contributed by atoms with E-state index < -0.39 is 0 Å². The second-order valence-corrected chi connectivity index (χ2v) is 5.29. The Kier molecular flexibility index (Phi) is 10.9. The van der Waals surface area contributed by atoms with Crippen LogP contribution < -0.4 is 4.90 Å². The number of pyridine rings is 1. The quantitative estimate of drug-likeness (QED) is 0.803. The Morgan fingerprint density at radius 3 is 2.48 bits per heavy atom. The molecule has 0 N–H and O–H groups in total. The lowest BCUT2D eigenvalue weighted by Crippen LogP contribution is -2.40. The van der Waals surface area contributed by atoms with Gasteiger partial charge in [-0.15, -0.1) is 37.2 Å². The molecule has 1 atom stereocenters. The SMILES string of the molecule is Cl.Cl.Cl.c1cnc(N2CCCCC2CCc2cccnc2)nc1. The van der Waals surface area contributed by atoms with Crippen LogP contribution in [-0.2, 0) is 6.42 Å². The molecule has 7 heteroatoms. The number of nitrogens with zero attached hydrogens (tertiary/aromatic N) is 4. The number of hydrogen-bond acceptors (Lipinski definition) is 4. The van der Waals surface area contributed by atoms with Gasteiger partial charge in [0, 0.05) is 37.4 Å². The van der Waals surface area contributed by atoms with Crippen molar-refractivity contribution in [2.24, 2.45) is 0 Å². The maximum Gasteiger partial charge on any atom is 0.225 e. The maximum atomic E-state index is 4.41. The zero-order chi connectivity index (χ0) is 13.6. The number of halogens is 3. The van der Waals surface area contributed by atoms with Crippen molar-refractivity contribution in [3.8, 4) is 0 Å². The van der Waals surface area contributed by atoms with Crippen LogP contribution in [0.3, 0.4) is 0 Å². The Balaban J connectivity index is 0.00000161. The van der Waals surface area contributed by atoms with Gasteiger partial charge in [-0.2, -0.15) is 0 Å². The van der Waals surface area contributed by atoms with Gasteiger partial charge < -0.3 is 4.90 Å². The predicted molar refractivity (Wildman–Crippen MR) is 101 cm³/mol. The number of aromatic nitrogens is 3. The van der Waals surface area contributed by atoms with E-state index in [-0.39, 0.29) is 37.2 Å². The summed E-state index contributed by atoms with van der Waals surface area (Å²) in [5.74, 6) is 0.878. The standard InChI is InChI=1S/C16H20N4.3ClH/c1-2-12-20(16-18-10-4-11-19-16)15(6-1)8-7-14-5-3-9-17-13-14;;;/h3-5,9-11,13,15H,1-2,6-8,12H2;3*1H. The van der Waals surface area contributed by atoms with E-state index in [4.69, 9.17) is 0 Å². The van der Waals surface area contributed by atoms with Gasteiger partial charge in [0.1, 0.15) is 0 Å². The number of hydrogen-bond donors (Lipinski definition) is 0. The van der Waals surface area contributed by atoms with Crippen LogP contribution in [0.5, 0.6) is 0 Å². The van der Waals surface area contributed by atoms with Crippen LogP contribution in [0.25, 0.3) is 0 Å². The van der Waals surface area contributed by atoms with Crippen molar-refractivity contribution in [2.75, 3.05) is 11.4 Å². The van der Waals surface area contributed by atoms with Crippen molar-refractivity contribution in [1.82, 2.24) is 15.0 Å². The summed E-state index contributed by atoms with van der Waals surface area (Å²) in [6, 6.07) is 6.58. The lowest BCUT2D eigenvalue weighted by atomic mass is 9.96. The Labute approximate surface area is 156 Å². The lowest BCUT2D eigenvalue weighted by molar-refractivity contribution is 0.431. The Bertz CT molecular complexity index is 527. The second-order valence-electron chi connectivity index (χ2n) is 5.29. The molecule has 0 saturated carbocycles. The maximum absolute atomic E-state index is 4.41. The second kappa shape index (κ2) is 11.4. The average molecular weight is 378 g/mol. The summed E-state index contributed by atoms with van der Waals surface area (Å²) in [5, 5.41) is 0. The lowest BCUT2D eigenvalue weighted by Gasteiger charge is -2.35. The van der Waals surface area contributed by atoms with E-state index in [1.807, 2.05) is 36.9 Å². The minimum atomic E-state index is 0. The first-order valence-electron chi connectivity index (χ1n) is 7.36. The summed E-state index contributed by atoms with van der Waals surface area (Å²) < 4.78 is 0.